The third-order valence-corrected chi connectivity index (χ3v) is 6.69. The van der Waals surface area contributed by atoms with Crippen molar-refractivity contribution in [2.75, 3.05) is 13.7 Å². The molecule has 176 valence electrons. The highest BCUT2D eigenvalue weighted by Crippen LogP contribution is 2.31. The molecule has 3 aromatic rings. The SMILES string of the molecule is CCCCOc1ccc(/C=c2\sc3n(c2=O)[C@@H](c2ccccc2)C(C(=O)OC)=C(CC)N=3)cc1. The highest BCUT2D eigenvalue weighted by molar-refractivity contribution is 7.07. The van der Waals surface area contributed by atoms with Gasteiger partial charge in [-0.3, -0.25) is 9.36 Å². The topological polar surface area (TPSA) is 69.9 Å². The van der Waals surface area contributed by atoms with E-state index in [1.165, 1.54) is 18.4 Å². The Morgan fingerprint density at radius 1 is 1.12 bits per heavy atom. The van der Waals surface area contributed by atoms with E-state index in [-0.39, 0.29) is 5.56 Å². The molecule has 0 unspecified atom stereocenters. The largest absolute Gasteiger partial charge is 0.494 e. The second kappa shape index (κ2) is 10.7. The second-order valence-corrected chi connectivity index (χ2v) is 8.98. The monoisotopic (exact) mass is 476 g/mol. The minimum Gasteiger partial charge on any atom is -0.494 e. The Morgan fingerprint density at radius 2 is 1.85 bits per heavy atom. The predicted octanol–water partition coefficient (Wildman–Crippen LogP) is 3.98. The lowest BCUT2D eigenvalue weighted by atomic mass is 9.95. The molecule has 7 heteroatoms. The number of rotatable bonds is 8. The van der Waals surface area contributed by atoms with Gasteiger partial charge in [-0.1, -0.05) is 74.1 Å². The molecule has 6 nitrogen and oxygen atoms in total. The molecular weight excluding hydrogens is 448 g/mol. The van der Waals surface area contributed by atoms with Crippen LogP contribution in [0.1, 0.15) is 50.3 Å². The molecular formula is C27H28N2O4S. The van der Waals surface area contributed by atoms with Gasteiger partial charge in [0.1, 0.15) is 5.75 Å². The number of hydrogen-bond acceptors (Lipinski definition) is 6. The van der Waals surface area contributed by atoms with Gasteiger partial charge in [-0.2, -0.15) is 0 Å². The van der Waals surface area contributed by atoms with Crippen molar-refractivity contribution in [3.8, 4) is 5.75 Å². The summed E-state index contributed by atoms with van der Waals surface area (Å²) in [6, 6.07) is 16.7. The Labute approximate surface area is 202 Å². The minimum atomic E-state index is -0.587. The number of aromatic nitrogens is 1. The molecule has 0 amide bonds. The minimum absolute atomic E-state index is 0.183. The van der Waals surface area contributed by atoms with Gasteiger partial charge in [0.25, 0.3) is 5.56 Å². The summed E-state index contributed by atoms with van der Waals surface area (Å²) in [5.74, 6) is 0.342. The Kier molecular flexibility index (Phi) is 7.43. The molecule has 2 aromatic carbocycles. The van der Waals surface area contributed by atoms with Gasteiger partial charge in [-0.15, -0.1) is 0 Å². The Morgan fingerprint density at radius 3 is 2.50 bits per heavy atom. The average Bonchev–Trinajstić information content (AvgIpc) is 3.18. The number of hydrogen-bond donors (Lipinski definition) is 0. The number of benzene rings is 2. The van der Waals surface area contributed by atoms with E-state index in [1.54, 1.807) is 4.57 Å². The Balaban J connectivity index is 1.81. The van der Waals surface area contributed by atoms with Crippen LogP contribution in [0.5, 0.6) is 5.75 Å². The maximum absolute atomic E-state index is 13.6. The van der Waals surface area contributed by atoms with Crippen molar-refractivity contribution in [2.24, 2.45) is 4.99 Å². The molecule has 0 saturated heterocycles. The van der Waals surface area contributed by atoms with Crippen molar-refractivity contribution in [3.63, 3.8) is 0 Å². The number of carbonyl (C=O) groups is 1. The fourth-order valence-corrected chi connectivity index (χ4v) is 4.98. The van der Waals surface area contributed by atoms with Crippen molar-refractivity contribution in [3.05, 3.63) is 96.7 Å². The van der Waals surface area contributed by atoms with Gasteiger partial charge in [0.2, 0.25) is 0 Å². The quantitative estimate of drug-likeness (QED) is 0.364. The Bertz CT molecular complexity index is 1370. The first kappa shape index (κ1) is 23.7. The molecule has 0 fully saturated rings. The van der Waals surface area contributed by atoms with E-state index in [0.717, 1.165) is 29.7 Å². The lowest BCUT2D eigenvalue weighted by Gasteiger charge is -2.25. The van der Waals surface area contributed by atoms with E-state index in [4.69, 9.17) is 9.47 Å². The molecule has 0 spiro atoms. The highest BCUT2D eigenvalue weighted by Gasteiger charge is 2.33. The summed E-state index contributed by atoms with van der Waals surface area (Å²) in [6.45, 7) is 4.76. The van der Waals surface area contributed by atoms with Gasteiger partial charge < -0.3 is 9.47 Å². The summed E-state index contributed by atoms with van der Waals surface area (Å²) in [5.41, 5.74) is 2.60. The average molecular weight is 477 g/mol. The molecule has 0 radical (unpaired) electrons. The van der Waals surface area contributed by atoms with Gasteiger partial charge in [0.15, 0.2) is 4.80 Å². The molecule has 2 heterocycles. The number of esters is 1. The number of fused-ring (bicyclic) bond motifs is 1. The van der Waals surface area contributed by atoms with Crippen molar-refractivity contribution < 1.29 is 14.3 Å². The van der Waals surface area contributed by atoms with Crippen molar-refractivity contribution in [1.29, 1.82) is 0 Å². The summed E-state index contributed by atoms with van der Waals surface area (Å²) in [5, 5.41) is 0. The first-order valence-corrected chi connectivity index (χ1v) is 12.3. The lowest BCUT2D eigenvalue weighted by molar-refractivity contribution is -0.136. The van der Waals surface area contributed by atoms with Crippen LogP contribution in [0.4, 0.5) is 0 Å². The molecule has 0 saturated carbocycles. The van der Waals surface area contributed by atoms with Crippen LogP contribution in [0.25, 0.3) is 6.08 Å². The number of unbranched alkanes of at least 4 members (excludes halogenated alkanes) is 1. The molecule has 1 aliphatic rings. The van der Waals surface area contributed by atoms with Crippen LogP contribution in [0.15, 0.2) is 75.7 Å². The van der Waals surface area contributed by atoms with E-state index in [1.807, 2.05) is 67.6 Å². The molecule has 1 aromatic heterocycles. The van der Waals surface area contributed by atoms with Crippen molar-refractivity contribution in [1.82, 2.24) is 4.57 Å². The van der Waals surface area contributed by atoms with Gasteiger partial charge in [0.05, 0.1) is 35.6 Å². The molecule has 0 bridgehead atoms. The van der Waals surface area contributed by atoms with Crippen LogP contribution in [-0.4, -0.2) is 24.3 Å². The fourth-order valence-electron chi connectivity index (χ4n) is 3.96. The summed E-state index contributed by atoms with van der Waals surface area (Å²) < 4.78 is 13.0. The zero-order chi connectivity index (χ0) is 24.1. The highest BCUT2D eigenvalue weighted by atomic mass is 32.1. The van der Waals surface area contributed by atoms with E-state index < -0.39 is 12.0 Å². The van der Waals surface area contributed by atoms with E-state index >= 15 is 0 Å². The molecule has 1 aliphatic heterocycles. The summed E-state index contributed by atoms with van der Waals surface area (Å²) in [6.07, 6.45) is 4.51. The zero-order valence-corrected chi connectivity index (χ0v) is 20.4. The van der Waals surface area contributed by atoms with Crippen molar-refractivity contribution >= 4 is 23.4 Å². The molecule has 0 N–H and O–H groups in total. The third kappa shape index (κ3) is 4.75. The van der Waals surface area contributed by atoms with E-state index in [9.17, 15) is 9.59 Å². The normalized spacial score (nSPS) is 15.6. The van der Waals surface area contributed by atoms with Gasteiger partial charge in [0, 0.05) is 0 Å². The van der Waals surface area contributed by atoms with Gasteiger partial charge in [-0.25, -0.2) is 9.79 Å². The van der Waals surface area contributed by atoms with Crippen LogP contribution >= 0.6 is 11.3 Å². The van der Waals surface area contributed by atoms with Crippen molar-refractivity contribution in [2.45, 2.75) is 39.2 Å². The maximum Gasteiger partial charge on any atom is 0.338 e. The van der Waals surface area contributed by atoms with Crippen LogP contribution in [0, 0.1) is 0 Å². The fraction of sp³-hybridized carbons (Fsp3) is 0.296. The number of carbonyl (C=O) groups excluding carboxylic acids is 1. The first-order valence-electron chi connectivity index (χ1n) is 11.5. The lowest BCUT2D eigenvalue weighted by Crippen LogP contribution is -2.40. The predicted molar refractivity (Wildman–Crippen MR) is 134 cm³/mol. The summed E-state index contributed by atoms with van der Waals surface area (Å²) >= 11 is 1.33. The van der Waals surface area contributed by atoms with E-state index in [0.29, 0.717) is 33.6 Å². The summed E-state index contributed by atoms with van der Waals surface area (Å²) in [4.78, 5) is 31.6. The Hall–Kier alpha value is -3.45. The van der Waals surface area contributed by atoms with Crippen LogP contribution < -0.4 is 19.6 Å². The number of methoxy groups -OCH3 is 1. The molecule has 1 atom stereocenters. The standard InChI is InChI=1S/C27H28N2O4S/c1-4-6-16-33-20-14-12-18(13-15-20)17-22-25(30)29-24(19-10-8-7-9-11-19)23(26(31)32-3)21(5-2)28-27(29)34-22/h7-15,17,24H,4-6,16H2,1-3H3/b22-17-/t24-/m0/s1. The number of allylic oxidation sites excluding steroid dienone is 1. The number of ether oxygens (including phenoxy) is 2. The molecule has 0 aliphatic carbocycles. The van der Waals surface area contributed by atoms with Gasteiger partial charge in [-0.05, 0) is 42.2 Å². The summed E-state index contributed by atoms with van der Waals surface area (Å²) in [7, 11) is 1.35. The maximum atomic E-state index is 13.6. The number of nitrogens with zero attached hydrogens (tertiary/aromatic N) is 2. The van der Waals surface area contributed by atoms with Crippen LogP contribution in [0.2, 0.25) is 0 Å². The smallest absolute Gasteiger partial charge is 0.338 e. The third-order valence-electron chi connectivity index (χ3n) is 5.71. The van der Waals surface area contributed by atoms with Gasteiger partial charge >= 0.3 is 5.97 Å². The van der Waals surface area contributed by atoms with E-state index in [2.05, 4.69) is 11.9 Å². The molecule has 4 rings (SSSR count). The van der Waals surface area contributed by atoms with Crippen LogP contribution in [0.3, 0.4) is 0 Å². The molecule has 34 heavy (non-hydrogen) atoms. The van der Waals surface area contributed by atoms with Crippen LogP contribution in [-0.2, 0) is 9.53 Å². The second-order valence-electron chi connectivity index (χ2n) is 7.97. The first-order chi connectivity index (χ1) is 16.6. The number of thiazole rings is 1. The zero-order valence-electron chi connectivity index (χ0n) is 19.6.